The van der Waals surface area contributed by atoms with Crippen LogP contribution in [0.25, 0.3) is 16.8 Å². The quantitative estimate of drug-likeness (QED) is 0.223. The molecule has 7 heteroatoms. The van der Waals surface area contributed by atoms with Crippen LogP contribution >= 0.6 is 27.5 Å². The van der Waals surface area contributed by atoms with Crippen LogP contribution in [0.2, 0.25) is 5.02 Å². The van der Waals surface area contributed by atoms with Gasteiger partial charge >= 0.3 is 6.03 Å². The first-order valence-electron chi connectivity index (χ1n) is 10.5. The third-order valence-corrected chi connectivity index (χ3v) is 6.36. The van der Waals surface area contributed by atoms with Crippen LogP contribution in [-0.2, 0) is 11.4 Å². The fourth-order valence-corrected chi connectivity index (χ4v) is 4.46. The van der Waals surface area contributed by atoms with Crippen molar-refractivity contribution in [2.24, 2.45) is 0 Å². The standard InChI is InChI=1S/C27H18BrClN2O3/c28-23-14-17(15-24-26(32)31(27(33)30-24)21-11-9-20(29)10-12-21)8-13-25(23)34-16-19-6-3-5-18-4-1-2-7-22(18)19/h1-15H,16H2,(H,30,33)/b24-15+. The maximum Gasteiger partial charge on any atom is 0.333 e. The number of nitrogens with one attached hydrogen (secondary N) is 1. The van der Waals surface area contributed by atoms with Crippen LogP contribution in [-0.4, -0.2) is 11.9 Å². The van der Waals surface area contributed by atoms with Gasteiger partial charge in [-0.1, -0.05) is 60.1 Å². The van der Waals surface area contributed by atoms with Crippen LogP contribution in [0.15, 0.2) is 95.1 Å². The summed E-state index contributed by atoms with van der Waals surface area (Å²) >= 11 is 9.46. The molecule has 34 heavy (non-hydrogen) atoms. The summed E-state index contributed by atoms with van der Waals surface area (Å²) in [6.07, 6.45) is 1.63. The summed E-state index contributed by atoms with van der Waals surface area (Å²) in [6, 6.07) is 25.9. The number of imide groups is 1. The van der Waals surface area contributed by atoms with E-state index in [-0.39, 0.29) is 5.70 Å². The Morgan fingerprint density at radius 1 is 0.941 bits per heavy atom. The molecule has 0 spiro atoms. The third-order valence-electron chi connectivity index (χ3n) is 5.49. The van der Waals surface area contributed by atoms with Gasteiger partial charge in [0.05, 0.1) is 10.2 Å². The molecule has 1 heterocycles. The van der Waals surface area contributed by atoms with Gasteiger partial charge in [-0.3, -0.25) is 4.79 Å². The first kappa shape index (κ1) is 22.2. The van der Waals surface area contributed by atoms with Crippen molar-refractivity contribution in [2.45, 2.75) is 6.61 Å². The maximum absolute atomic E-state index is 12.8. The number of hydrogen-bond donors (Lipinski definition) is 1. The molecule has 4 aromatic rings. The number of amides is 3. The van der Waals surface area contributed by atoms with E-state index in [0.29, 0.717) is 23.1 Å². The van der Waals surface area contributed by atoms with Crippen molar-refractivity contribution in [1.29, 1.82) is 0 Å². The third kappa shape index (κ3) is 4.42. The molecule has 1 N–H and O–H groups in total. The molecule has 0 radical (unpaired) electrons. The van der Waals surface area contributed by atoms with Gasteiger partial charge in [-0.15, -0.1) is 0 Å². The highest BCUT2D eigenvalue weighted by Gasteiger charge is 2.34. The molecule has 168 valence electrons. The predicted molar refractivity (Wildman–Crippen MR) is 138 cm³/mol. The van der Waals surface area contributed by atoms with Gasteiger partial charge in [0.2, 0.25) is 0 Å². The van der Waals surface area contributed by atoms with E-state index in [4.69, 9.17) is 16.3 Å². The average Bonchev–Trinajstić information content (AvgIpc) is 3.11. The normalized spacial score (nSPS) is 14.6. The molecule has 0 atom stereocenters. The molecular weight excluding hydrogens is 516 g/mol. The molecule has 5 rings (SSSR count). The Morgan fingerprint density at radius 3 is 2.50 bits per heavy atom. The molecule has 0 saturated carbocycles. The number of ether oxygens (including phenoxy) is 1. The highest BCUT2D eigenvalue weighted by molar-refractivity contribution is 9.10. The molecule has 0 aromatic heterocycles. The van der Waals surface area contributed by atoms with E-state index in [2.05, 4.69) is 45.5 Å². The van der Waals surface area contributed by atoms with Gasteiger partial charge in [0.1, 0.15) is 18.1 Å². The van der Waals surface area contributed by atoms with Gasteiger partial charge in [-0.25, -0.2) is 9.69 Å². The number of carbonyl (C=O) groups excluding carboxylic acids is 2. The van der Waals surface area contributed by atoms with Gasteiger partial charge < -0.3 is 10.1 Å². The van der Waals surface area contributed by atoms with E-state index in [1.165, 1.54) is 5.39 Å². The second kappa shape index (κ2) is 9.33. The number of rotatable bonds is 5. The SMILES string of the molecule is O=C1N/C(=C/c2ccc(OCc3cccc4ccccc34)c(Br)c2)C(=O)N1c1ccc(Cl)cc1. The van der Waals surface area contributed by atoms with Crippen LogP contribution in [0.4, 0.5) is 10.5 Å². The zero-order valence-electron chi connectivity index (χ0n) is 17.8. The number of nitrogens with zero attached hydrogens (tertiary/aromatic N) is 1. The second-order valence-electron chi connectivity index (χ2n) is 7.72. The average molecular weight is 534 g/mol. The molecular formula is C27H18BrClN2O3. The monoisotopic (exact) mass is 532 g/mol. The van der Waals surface area contributed by atoms with Crippen LogP contribution in [0, 0.1) is 0 Å². The molecule has 0 unspecified atom stereocenters. The van der Waals surface area contributed by atoms with E-state index in [1.807, 2.05) is 36.4 Å². The smallest absolute Gasteiger partial charge is 0.333 e. The molecule has 1 aliphatic rings. The van der Waals surface area contributed by atoms with Crippen LogP contribution in [0.3, 0.4) is 0 Å². The van der Waals surface area contributed by atoms with Crippen molar-refractivity contribution in [1.82, 2.24) is 5.32 Å². The highest BCUT2D eigenvalue weighted by Crippen LogP contribution is 2.30. The zero-order valence-corrected chi connectivity index (χ0v) is 20.1. The Kier molecular flexibility index (Phi) is 6.09. The van der Waals surface area contributed by atoms with Gasteiger partial charge in [0.15, 0.2) is 0 Å². The first-order valence-corrected chi connectivity index (χ1v) is 11.7. The molecule has 0 bridgehead atoms. The van der Waals surface area contributed by atoms with Crippen molar-refractivity contribution in [3.63, 3.8) is 0 Å². The van der Waals surface area contributed by atoms with Gasteiger partial charge in [-0.2, -0.15) is 0 Å². The van der Waals surface area contributed by atoms with Crippen LogP contribution in [0.1, 0.15) is 11.1 Å². The minimum atomic E-state index is -0.507. The maximum atomic E-state index is 12.8. The molecule has 1 fully saturated rings. The summed E-state index contributed by atoms with van der Waals surface area (Å²) in [5.41, 5.74) is 2.48. The minimum Gasteiger partial charge on any atom is -0.488 e. The van der Waals surface area contributed by atoms with E-state index in [0.717, 1.165) is 25.9 Å². The van der Waals surface area contributed by atoms with Gasteiger partial charge in [0, 0.05) is 5.02 Å². The summed E-state index contributed by atoms with van der Waals surface area (Å²) in [7, 11) is 0. The predicted octanol–water partition coefficient (Wildman–Crippen LogP) is 6.93. The van der Waals surface area contributed by atoms with Crippen molar-refractivity contribution >= 4 is 62.0 Å². The lowest BCUT2D eigenvalue weighted by Gasteiger charge is -2.11. The highest BCUT2D eigenvalue weighted by atomic mass is 79.9. The molecule has 4 aromatic carbocycles. The number of fused-ring (bicyclic) bond motifs is 1. The fourth-order valence-electron chi connectivity index (χ4n) is 3.82. The largest absolute Gasteiger partial charge is 0.488 e. The lowest BCUT2D eigenvalue weighted by molar-refractivity contribution is -0.113. The van der Waals surface area contributed by atoms with Crippen LogP contribution < -0.4 is 15.0 Å². The van der Waals surface area contributed by atoms with Crippen molar-refractivity contribution in [2.75, 3.05) is 4.90 Å². The van der Waals surface area contributed by atoms with E-state index >= 15 is 0 Å². The Bertz CT molecular complexity index is 1440. The van der Waals surface area contributed by atoms with Crippen molar-refractivity contribution < 1.29 is 14.3 Å². The number of anilines is 1. The second-order valence-corrected chi connectivity index (χ2v) is 9.01. The number of carbonyl (C=O) groups is 2. The molecule has 3 amide bonds. The Hall–Kier alpha value is -3.61. The topological polar surface area (TPSA) is 58.6 Å². The number of hydrogen-bond acceptors (Lipinski definition) is 3. The van der Waals surface area contributed by atoms with E-state index < -0.39 is 11.9 Å². The number of urea groups is 1. The van der Waals surface area contributed by atoms with Gasteiger partial charge in [0.25, 0.3) is 5.91 Å². The molecule has 1 aliphatic heterocycles. The first-order chi connectivity index (χ1) is 16.5. The Morgan fingerprint density at radius 2 is 1.71 bits per heavy atom. The minimum absolute atomic E-state index is 0.191. The number of benzene rings is 4. The molecule has 1 saturated heterocycles. The van der Waals surface area contributed by atoms with E-state index in [9.17, 15) is 9.59 Å². The lowest BCUT2D eigenvalue weighted by atomic mass is 10.1. The molecule has 5 nitrogen and oxygen atoms in total. The van der Waals surface area contributed by atoms with Crippen molar-refractivity contribution in [3.05, 3.63) is 111 Å². The van der Waals surface area contributed by atoms with Gasteiger partial charge in [-0.05, 0) is 80.3 Å². The van der Waals surface area contributed by atoms with Crippen LogP contribution in [0.5, 0.6) is 5.75 Å². The zero-order chi connectivity index (χ0) is 23.7. The Labute approximate surface area is 209 Å². The summed E-state index contributed by atoms with van der Waals surface area (Å²) in [4.78, 5) is 26.3. The van der Waals surface area contributed by atoms with E-state index in [1.54, 1.807) is 30.3 Å². The molecule has 0 aliphatic carbocycles. The fraction of sp³-hybridized carbons (Fsp3) is 0.0370. The lowest BCUT2D eigenvalue weighted by Crippen LogP contribution is -2.30. The Balaban J connectivity index is 1.33. The summed E-state index contributed by atoms with van der Waals surface area (Å²) < 4.78 is 6.80. The summed E-state index contributed by atoms with van der Waals surface area (Å²) in [6.45, 7) is 0.422. The van der Waals surface area contributed by atoms with Crippen molar-refractivity contribution in [3.8, 4) is 5.75 Å². The summed E-state index contributed by atoms with van der Waals surface area (Å²) in [5, 5.41) is 5.48. The summed E-state index contributed by atoms with van der Waals surface area (Å²) in [5.74, 6) is 0.249. The number of halogens is 2.